The van der Waals surface area contributed by atoms with Crippen LogP contribution in [-0.2, 0) is 0 Å². The summed E-state index contributed by atoms with van der Waals surface area (Å²) >= 11 is 0. The minimum atomic E-state index is -0.137. The minimum Gasteiger partial charge on any atom is -0.396 e. The highest BCUT2D eigenvalue weighted by Gasteiger charge is 2.24. The van der Waals surface area contributed by atoms with Crippen LogP contribution in [0.3, 0.4) is 0 Å². The number of nitrogens with one attached hydrogen (secondary N) is 1. The Hall–Kier alpha value is -1.13. The highest BCUT2D eigenvalue weighted by Crippen LogP contribution is 2.29. The van der Waals surface area contributed by atoms with Crippen molar-refractivity contribution in [3.05, 3.63) is 29.6 Å². The molecule has 3 nitrogen and oxygen atoms in total. The van der Waals surface area contributed by atoms with Gasteiger partial charge in [-0.2, -0.15) is 0 Å². The lowest BCUT2D eigenvalue weighted by Gasteiger charge is -2.21. The lowest BCUT2D eigenvalue weighted by molar-refractivity contribution is 0.263. The Morgan fingerprint density at radius 3 is 2.95 bits per heavy atom. The summed E-state index contributed by atoms with van der Waals surface area (Å²) in [4.78, 5) is 2.10. The molecule has 1 fully saturated rings. The molecule has 2 rings (SSSR count). The molecule has 2 atom stereocenters. The van der Waals surface area contributed by atoms with E-state index in [0.29, 0.717) is 11.6 Å². The van der Waals surface area contributed by atoms with Gasteiger partial charge in [0, 0.05) is 25.7 Å². The molecule has 0 radical (unpaired) electrons. The second-order valence-corrected chi connectivity index (χ2v) is 6.00. The maximum absolute atomic E-state index is 14.4. The Morgan fingerprint density at radius 2 is 2.29 bits per heavy atom. The molecular formula is C17H27FN2O. The van der Waals surface area contributed by atoms with Crippen LogP contribution >= 0.6 is 0 Å². The van der Waals surface area contributed by atoms with Crippen molar-refractivity contribution >= 4 is 5.69 Å². The molecule has 0 saturated carbocycles. The lowest BCUT2D eigenvalue weighted by atomic mass is 10.1. The average Bonchev–Trinajstić information content (AvgIpc) is 2.93. The van der Waals surface area contributed by atoms with Crippen molar-refractivity contribution in [3.63, 3.8) is 0 Å². The fourth-order valence-electron chi connectivity index (χ4n) is 3.00. The first-order chi connectivity index (χ1) is 10.2. The van der Waals surface area contributed by atoms with Gasteiger partial charge in [-0.25, -0.2) is 4.39 Å². The monoisotopic (exact) mass is 294 g/mol. The second-order valence-electron chi connectivity index (χ2n) is 6.00. The van der Waals surface area contributed by atoms with E-state index in [1.54, 1.807) is 6.07 Å². The smallest absolute Gasteiger partial charge is 0.146 e. The first-order valence-electron chi connectivity index (χ1n) is 8.04. The summed E-state index contributed by atoms with van der Waals surface area (Å²) in [5.74, 6) is 0.349. The van der Waals surface area contributed by atoms with Crippen molar-refractivity contribution in [2.45, 2.75) is 39.2 Å². The Labute approximate surface area is 127 Å². The quantitative estimate of drug-likeness (QED) is 0.811. The molecule has 21 heavy (non-hydrogen) atoms. The Balaban J connectivity index is 2.02. The molecule has 0 aliphatic carbocycles. The fraction of sp³-hybridized carbons (Fsp3) is 0.647. The summed E-state index contributed by atoms with van der Waals surface area (Å²) in [5.41, 5.74) is 1.69. The van der Waals surface area contributed by atoms with Crippen LogP contribution in [0.5, 0.6) is 0 Å². The van der Waals surface area contributed by atoms with Crippen LogP contribution in [0.2, 0.25) is 0 Å². The van der Waals surface area contributed by atoms with E-state index in [2.05, 4.69) is 24.1 Å². The van der Waals surface area contributed by atoms with Crippen molar-refractivity contribution in [1.29, 1.82) is 0 Å². The van der Waals surface area contributed by atoms with Crippen LogP contribution in [0.25, 0.3) is 0 Å². The van der Waals surface area contributed by atoms with Crippen molar-refractivity contribution in [3.8, 4) is 0 Å². The predicted octanol–water partition coefficient (Wildman–Crippen LogP) is 3.10. The number of benzene rings is 1. The van der Waals surface area contributed by atoms with Gasteiger partial charge in [0.05, 0.1) is 5.69 Å². The summed E-state index contributed by atoms with van der Waals surface area (Å²) in [6.07, 6.45) is 2.93. The standard InChI is InChI=1S/C17H27FN2O/c1-3-8-19-13(2)15-4-5-17(16(18)11-15)20-9-6-14(12-20)7-10-21/h4-5,11,13-14,19,21H,3,6-10,12H2,1-2H3. The topological polar surface area (TPSA) is 35.5 Å². The molecule has 0 spiro atoms. The SMILES string of the molecule is CCCNC(C)c1ccc(N2CCC(CCO)C2)c(F)c1. The Bertz CT molecular complexity index is 452. The van der Waals surface area contributed by atoms with Gasteiger partial charge in [-0.1, -0.05) is 13.0 Å². The first kappa shape index (κ1) is 16.2. The molecule has 118 valence electrons. The van der Waals surface area contributed by atoms with Gasteiger partial charge < -0.3 is 15.3 Å². The zero-order valence-corrected chi connectivity index (χ0v) is 13.1. The van der Waals surface area contributed by atoms with Crippen LogP contribution in [0, 0.1) is 11.7 Å². The second kappa shape index (κ2) is 7.76. The molecule has 2 N–H and O–H groups in total. The van der Waals surface area contributed by atoms with Crippen molar-refractivity contribution < 1.29 is 9.50 Å². The number of aliphatic hydroxyl groups excluding tert-OH is 1. The molecule has 0 amide bonds. The minimum absolute atomic E-state index is 0.137. The number of hydrogen-bond donors (Lipinski definition) is 2. The molecule has 4 heteroatoms. The zero-order valence-electron chi connectivity index (χ0n) is 13.1. The number of hydrogen-bond acceptors (Lipinski definition) is 3. The molecular weight excluding hydrogens is 267 g/mol. The zero-order chi connectivity index (χ0) is 15.2. The largest absolute Gasteiger partial charge is 0.396 e. The number of anilines is 1. The maximum Gasteiger partial charge on any atom is 0.146 e. The highest BCUT2D eigenvalue weighted by atomic mass is 19.1. The predicted molar refractivity (Wildman–Crippen MR) is 85.1 cm³/mol. The fourth-order valence-corrected chi connectivity index (χ4v) is 3.00. The normalized spacial score (nSPS) is 20.0. The summed E-state index contributed by atoms with van der Waals surface area (Å²) in [6.45, 7) is 7.09. The maximum atomic E-state index is 14.4. The number of rotatable bonds is 7. The molecule has 1 aliphatic rings. The number of aliphatic hydroxyl groups is 1. The summed E-state index contributed by atoms with van der Waals surface area (Å²) in [6, 6.07) is 5.75. The van der Waals surface area contributed by atoms with Crippen molar-refractivity contribution in [2.24, 2.45) is 5.92 Å². The molecule has 0 aromatic heterocycles. The third-order valence-electron chi connectivity index (χ3n) is 4.34. The van der Waals surface area contributed by atoms with Gasteiger partial charge in [-0.15, -0.1) is 0 Å². The van der Waals surface area contributed by atoms with E-state index in [1.807, 2.05) is 12.1 Å². The molecule has 1 heterocycles. The van der Waals surface area contributed by atoms with Crippen LogP contribution in [0.4, 0.5) is 10.1 Å². The van der Waals surface area contributed by atoms with Crippen LogP contribution < -0.4 is 10.2 Å². The van der Waals surface area contributed by atoms with Gasteiger partial charge in [0.2, 0.25) is 0 Å². The molecule has 1 aliphatic heterocycles. The van der Waals surface area contributed by atoms with Gasteiger partial charge >= 0.3 is 0 Å². The van der Waals surface area contributed by atoms with Gasteiger partial charge in [-0.05, 0) is 56.3 Å². The van der Waals surface area contributed by atoms with E-state index < -0.39 is 0 Å². The molecule has 1 saturated heterocycles. The summed E-state index contributed by atoms with van der Waals surface area (Å²) in [7, 11) is 0. The third-order valence-corrected chi connectivity index (χ3v) is 4.34. The van der Waals surface area contributed by atoms with Gasteiger partial charge in [0.15, 0.2) is 0 Å². The number of halogens is 1. The molecule has 2 unspecified atom stereocenters. The lowest BCUT2D eigenvalue weighted by Crippen LogP contribution is -2.22. The van der Waals surface area contributed by atoms with Crippen LogP contribution in [0.1, 0.15) is 44.7 Å². The molecule has 0 bridgehead atoms. The highest BCUT2D eigenvalue weighted by molar-refractivity contribution is 5.50. The van der Waals surface area contributed by atoms with E-state index >= 15 is 0 Å². The molecule has 1 aromatic carbocycles. The van der Waals surface area contributed by atoms with E-state index in [0.717, 1.165) is 44.5 Å². The Kier molecular flexibility index (Phi) is 6.00. The van der Waals surface area contributed by atoms with E-state index in [-0.39, 0.29) is 18.5 Å². The average molecular weight is 294 g/mol. The third kappa shape index (κ3) is 4.17. The Morgan fingerprint density at radius 1 is 1.48 bits per heavy atom. The van der Waals surface area contributed by atoms with Gasteiger partial charge in [-0.3, -0.25) is 0 Å². The van der Waals surface area contributed by atoms with Gasteiger partial charge in [0.25, 0.3) is 0 Å². The summed E-state index contributed by atoms with van der Waals surface area (Å²) < 4.78 is 14.4. The van der Waals surface area contributed by atoms with Crippen LogP contribution in [-0.4, -0.2) is 31.3 Å². The van der Waals surface area contributed by atoms with E-state index in [4.69, 9.17) is 5.11 Å². The van der Waals surface area contributed by atoms with Crippen molar-refractivity contribution in [2.75, 3.05) is 31.1 Å². The first-order valence-corrected chi connectivity index (χ1v) is 8.04. The van der Waals surface area contributed by atoms with E-state index in [9.17, 15) is 4.39 Å². The number of nitrogens with zero attached hydrogens (tertiary/aromatic N) is 1. The summed E-state index contributed by atoms with van der Waals surface area (Å²) in [5, 5.41) is 12.4. The molecule has 1 aromatic rings. The van der Waals surface area contributed by atoms with Gasteiger partial charge in [0.1, 0.15) is 5.82 Å². The van der Waals surface area contributed by atoms with Crippen LogP contribution in [0.15, 0.2) is 18.2 Å². The van der Waals surface area contributed by atoms with E-state index in [1.165, 1.54) is 0 Å². The van der Waals surface area contributed by atoms with Crippen molar-refractivity contribution in [1.82, 2.24) is 5.32 Å².